The van der Waals surface area contributed by atoms with E-state index in [1.54, 1.807) is 18.5 Å². The van der Waals surface area contributed by atoms with Gasteiger partial charge in [0.15, 0.2) is 0 Å². The van der Waals surface area contributed by atoms with Gasteiger partial charge in [0, 0.05) is 25.2 Å². The number of aliphatic imine (C=N–C) groups is 1. The maximum atomic E-state index is 13.8. The fourth-order valence-electron chi connectivity index (χ4n) is 5.26. The van der Waals surface area contributed by atoms with E-state index in [-0.39, 0.29) is 11.9 Å². The van der Waals surface area contributed by atoms with Crippen molar-refractivity contribution in [3.63, 3.8) is 0 Å². The number of amidine groups is 1. The van der Waals surface area contributed by atoms with E-state index in [9.17, 15) is 4.79 Å². The first-order chi connectivity index (χ1) is 17.1. The molecule has 1 aromatic carbocycles. The molecule has 3 aliphatic heterocycles. The monoisotopic (exact) mass is 463 g/mol. The highest BCUT2D eigenvalue weighted by Gasteiger charge is 2.44. The van der Waals surface area contributed by atoms with E-state index in [1.165, 1.54) is 0 Å². The van der Waals surface area contributed by atoms with E-state index >= 15 is 0 Å². The van der Waals surface area contributed by atoms with Crippen LogP contribution >= 0.6 is 0 Å². The second-order valence-corrected chi connectivity index (χ2v) is 9.26. The van der Waals surface area contributed by atoms with Gasteiger partial charge in [0.2, 0.25) is 11.8 Å². The van der Waals surface area contributed by atoms with Crippen LogP contribution in [-0.2, 0) is 11.3 Å². The Kier molecular flexibility index (Phi) is 5.19. The average Bonchev–Trinajstić information content (AvgIpc) is 3.42. The normalized spacial score (nSPS) is 22.3. The van der Waals surface area contributed by atoms with E-state index in [4.69, 9.17) is 9.41 Å². The standard InChI is InChI=1S/C28H25N5O2/c1-20-25(31-24-10-5-4-9-23(24)30-20)32-16-12-28(13-17-32)11-6-15-33(27(28)34)19-21-7-2-3-8-22(21)26-29-14-18-35-26/h3-4,6,8-9,11,14,18,20,30H,12-13,15-17,19H2,1H3. The van der Waals surface area contributed by atoms with Crippen molar-refractivity contribution in [3.05, 3.63) is 89.4 Å². The van der Waals surface area contributed by atoms with Crippen LogP contribution in [0.5, 0.6) is 0 Å². The molecule has 1 aromatic heterocycles. The summed E-state index contributed by atoms with van der Waals surface area (Å²) in [5.41, 5.74) is 9.06. The van der Waals surface area contributed by atoms with E-state index in [1.807, 2.05) is 23.1 Å². The number of carbonyl (C=O) groups is 1. The van der Waals surface area contributed by atoms with E-state index in [0.717, 1.165) is 54.3 Å². The van der Waals surface area contributed by atoms with Gasteiger partial charge >= 0.3 is 0 Å². The Morgan fingerprint density at radius 2 is 2.20 bits per heavy atom. The molecule has 7 nitrogen and oxygen atoms in total. The summed E-state index contributed by atoms with van der Waals surface area (Å²) in [6.45, 7) is 4.69. The van der Waals surface area contributed by atoms with Crippen molar-refractivity contribution in [2.24, 2.45) is 10.4 Å². The van der Waals surface area contributed by atoms with Gasteiger partial charge in [-0.2, -0.15) is 0 Å². The molecule has 0 radical (unpaired) electrons. The van der Waals surface area contributed by atoms with Crippen LogP contribution in [0.3, 0.4) is 0 Å². The Morgan fingerprint density at radius 3 is 3.03 bits per heavy atom. The SMILES string of the molecule is CC1NC2=CC=C=C=C2N=C1N1CCC2(C=CCN(Cc3c#cccc3-c3ncco3)C2=O)CC1. The van der Waals surface area contributed by atoms with Crippen molar-refractivity contribution in [1.29, 1.82) is 0 Å². The number of carbonyl (C=O) groups excluding carboxylic acids is 1. The Balaban J connectivity index is 1.19. The first-order valence-electron chi connectivity index (χ1n) is 11.9. The number of hydrogen-bond acceptors (Lipinski definition) is 6. The third-order valence-electron chi connectivity index (χ3n) is 7.11. The molecule has 0 saturated carbocycles. The predicted molar refractivity (Wildman–Crippen MR) is 131 cm³/mol. The number of hydrogen-bond donors (Lipinski definition) is 1. The number of likely N-dealkylation sites (tertiary alicyclic amines) is 1. The number of rotatable bonds is 3. The molecule has 1 unspecified atom stereocenters. The van der Waals surface area contributed by atoms with Gasteiger partial charge in [0.25, 0.3) is 0 Å². The van der Waals surface area contributed by atoms with Crippen molar-refractivity contribution in [2.75, 3.05) is 19.6 Å². The summed E-state index contributed by atoms with van der Waals surface area (Å²) in [5, 5.41) is 3.51. The zero-order valence-electron chi connectivity index (χ0n) is 19.5. The molecule has 0 bridgehead atoms. The Hall–Kier alpha value is -4.23. The molecule has 2 aromatic rings. The molecule has 7 heteroatoms. The summed E-state index contributed by atoms with van der Waals surface area (Å²) >= 11 is 0. The van der Waals surface area contributed by atoms with Crippen molar-refractivity contribution in [2.45, 2.75) is 32.4 Å². The van der Waals surface area contributed by atoms with Gasteiger partial charge in [-0.05, 0) is 49.8 Å². The summed E-state index contributed by atoms with van der Waals surface area (Å²) in [5.74, 6) is 1.69. The maximum absolute atomic E-state index is 13.8. The minimum atomic E-state index is -0.486. The van der Waals surface area contributed by atoms with Crippen LogP contribution in [0.25, 0.3) is 11.5 Å². The fourth-order valence-corrected chi connectivity index (χ4v) is 5.26. The molecule has 1 atom stereocenters. The molecule has 1 aliphatic carbocycles. The van der Waals surface area contributed by atoms with Gasteiger partial charge in [-0.15, -0.1) is 0 Å². The number of nitrogens with zero attached hydrogens (tertiary/aromatic N) is 4. The molecule has 4 heterocycles. The van der Waals surface area contributed by atoms with Crippen molar-refractivity contribution < 1.29 is 9.21 Å². The number of oxazole rings is 1. The topological polar surface area (TPSA) is 74.0 Å². The number of nitrogens with one attached hydrogen (secondary N) is 1. The van der Waals surface area contributed by atoms with Crippen molar-refractivity contribution in [1.82, 2.24) is 20.1 Å². The second kappa shape index (κ2) is 8.52. The fraction of sp³-hybridized carbons (Fsp3) is 0.321. The summed E-state index contributed by atoms with van der Waals surface area (Å²) < 4.78 is 5.50. The number of fused-ring (bicyclic) bond motifs is 1. The van der Waals surface area contributed by atoms with Gasteiger partial charge in [0.1, 0.15) is 17.8 Å². The molecule has 174 valence electrons. The Bertz CT molecular complexity index is 1350. The highest BCUT2D eigenvalue weighted by Crippen LogP contribution is 2.39. The van der Waals surface area contributed by atoms with E-state index in [0.29, 0.717) is 19.0 Å². The Labute approximate surface area is 204 Å². The molecule has 1 spiro atoms. The van der Waals surface area contributed by atoms with Crippen LogP contribution in [0.4, 0.5) is 0 Å². The minimum absolute atomic E-state index is 0.0972. The van der Waals surface area contributed by atoms with Gasteiger partial charge < -0.3 is 19.5 Å². The van der Waals surface area contributed by atoms with E-state index < -0.39 is 5.41 Å². The van der Waals surface area contributed by atoms with Crippen LogP contribution in [-0.4, -0.2) is 52.2 Å². The molecule has 1 N–H and O–H groups in total. The van der Waals surface area contributed by atoms with Gasteiger partial charge in [0.05, 0.1) is 35.5 Å². The van der Waals surface area contributed by atoms with Crippen LogP contribution in [0.2, 0.25) is 0 Å². The van der Waals surface area contributed by atoms with E-state index in [2.05, 4.69) is 57.9 Å². The largest absolute Gasteiger partial charge is 0.444 e. The molecular formula is C28H25N5O2. The van der Waals surface area contributed by atoms with Crippen LogP contribution in [0, 0.1) is 17.5 Å². The molecular weight excluding hydrogens is 438 g/mol. The molecule has 1 amide bonds. The van der Waals surface area contributed by atoms with Crippen LogP contribution in [0.15, 0.2) is 81.2 Å². The lowest BCUT2D eigenvalue weighted by Gasteiger charge is -2.45. The number of aromatic nitrogens is 1. The summed E-state index contributed by atoms with van der Waals surface area (Å²) in [6, 6.07) is 9.97. The lowest BCUT2D eigenvalue weighted by molar-refractivity contribution is -0.142. The highest BCUT2D eigenvalue weighted by molar-refractivity contribution is 5.91. The molecule has 6 rings (SSSR count). The van der Waals surface area contributed by atoms with Crippen molar-refractivity contribution in [3.8, 4) is 11.5 Å². The number of amides is 1. The third kappa shape index (κ3) is 3.80. The van der Waals surface area contributed by atoms with Gasteiger partial charge in [-0.25, -0.2) is 9.98 Å². The van der Waals surface area contributed by atoms with Crippen LogP contribution < -0.4 is 5.32 Å². The zero-order chi connectivity index (χ0) is 23.8. The summed E-state index contributed by atoms with van der Waals surface area (Å²) in [6.07, 6.45) is 12.7. The maximum Gasteiger partial charge on any atom is 0.233 e. The molecule has 35 heavy (non-hydrogen) atoms. The third-order valence-corrected chi connectivity index (χ3v) is 7.11. The predicted octanol–water partition coefficient (Wildman–Crippen LogP) is 3.40. The molecule has 4 aliphatic rings. The highest BCUT2D eigenvalue weighted by atomic mass is 16.3. The van der Waals surface area contributed by atoms with Gasteiger partial charge in [-0.3, -0.25) is 4.79 Å². The van der Waals surface area contributed by atoms with Gasteiger partial charge in [-0.1, -0.05) is 30.0 Å². The molecule has 1 saturated heterocycles. The lowest BCUT2D eigenvalue weighted by atomic mass is 9.75. The number of piperidine rings is 1. The van der Waals surface area contributed by atoms with Crippen molar-refractivity contribution >= 4 is 11.7 Å². The first kappa shape index (κ1) is 21.3. The first-order valence-corrected chi connectivity index (χ1v) is 11.9. The minimum Gasteiger partial charge on any atom is -0.444 e. The van der Waals surface area contributed by atoms with Crippen LogP contribution in [0.1, 0.15) is 25.3 Å². The average molecular weight is 464 g/mol. The second-order valence-electron chi connectivity index (χ2n) is 9.26. The molecule has 1 fully saturated rings. The quantitative estimate of drug-likeness (QED) is 0.558. The summed E-state index contributed by atoms with van der Waals surface area (Å²) in [4.78, 5) is 27.1. The summed E-state index contributed by atoms with van der Waals surface area (Å²) in [7, 11) is 0. The zero-order valence-corrected chi connectivity index (χ0v) is 19.5. The number of allylic oxidation sites excluding steroid dienone is 2. The smallest absolute Gasteiger partial charge is 0.233 e. The Morgan fingerprint density at radius 1 is 1.31 bits per heavy atom. The lowest BCUT2D eigenvalue weighted by Crippen LogP contribution is -2.55.